The number of nitrogens with one attached hydrogen (secondary N) is 2. The molecule has 0 aliphatic heterocycles. The Morgan fingerprint density at radius 2 is 2.11 bits per heavy atom. The molecule has 0 amide bonds. The molecule has 1 aromatic heterocycles. The van der Waals surface area contributed by atoms with Crippen molar-refractivity contribution in [3.05, 3.63) is 29.6 Å². The summed E-state index contributed by atoms with van der Waals surface area (Å²) in [6.45, 7) is 6.09. The summed E-state index contributed by atoms with van der Waals surface area (Å²) in [5.74, 6) is 0.178. The van der Waals surface area contributed by atoms with E-state index in [1.807, 2.05) is 19.9 Å². The number of nitrogens with zero attached hydrogens (tertiary/aromatic N) is 1. The SMILES string of the molecule is CCNCCCCS(=O)(=O)NCc1cnccc1C. The zero-order valence-electron chi connectivity index (χ0n) is 11.6. The number of aryl methyl sites for hydroxylation is 1. The lowest BCUT2D eigenvalue weighted by molar-refractivity contribution is 0.574. The maximum atomic E-state index is 11.8. The van der Waals surface area contributed by atoms with Crippen LogP contribution >= 0.6 is 0 Å². The van der Waals surface area contributed by atoms with Crippen LogP contribution in [-0.2, 0) is 16.6 Å². The maximum Gasteiger partial charge on any atom is 0.211 e. The summed E-state index contributed by atoms with van der Waals surface area (Å²) in [7, 11) is -3.19. The van der Waals surface area contributed by atoms with Crippen molar-refractivity contribution in [2.24, 2.45) is 0 Å². The monoisotopic (exact) mass is 285 g/mol. The molecule has 0 atom stereocenters. The third-order valence-corrected chi connectivity index (χ3v) is 4.31. The van der Waals surface area contributed by atoms with Crippen LogP contribution in [0.1, 0.15) is 30.9 Å². The number of aromatic nitrogens is 1. The van der Waals surface area contributed by atoms with Crippen molar-refractivity contribution in [1.29, 1.82) is 0 Å². The van der Waals surface area contributed by atoms with Crippen LogP contribution in [0.3, 0.4) is 0 Å². The van der Waals surface area contributed by atoms with Gasteiger partial charge in [0.15, 0.2) is 0 Å². The van der Waals surface area contributed by atoms with E-state index in [-0.39, 0.29) is 5.75 Å². The lowest BCUT2D eigenvalue weighted by Crippen LogP contribution is -2.27. The summed E-state index contributed by atoms with van der Waals surface area (Å²) in [4.78, 5) is 4.00. The van der Waals surface area contributed by atoms with Gasteiger partial charge in [0.2, 0.25) is 10.0 Å². The van der Waals surface area contributed by atoms with Crippen molar-refractivity contribution in [3.63, 3.8) is 0 Å². The first-order valence-electron chi connectivity index (χ1n) is 6.62. The molecule has 0 unspecified atom stereocenters. The first-order chi connectivity index (χ1) is 9.05. The molecule has 108 valence electrons. The molecule has 0 aromatic carbocycles. The van der Waals surface area contributed by atoms with Crippen molar-refractivity contribution in [2.75, 3.05) is 18.8 Å². The largest absolute Gasteiger partial charge is 0.317 e. The molecule has 19 heavy (non-hydrogen) atoms. The van der Waals surface area contributed by atoms with Gasteiger partial charge in [-0.3, -0.25) is 4.98 Å². The highest BCUT2D eigenvalue weighted by Crippen LogP contribution is 2.05. The van der Waals surface area contributed by atoms with Crippen LogP contribution in [0.5, 0.6) is 0 Å². The van der Waals surface area contributed by atoms with Crippen molar-refractivity contribution in [1.82, 2.24) is 15.0 Å². The Balaban J connectivity index is 2.33. The molecule has 0 saturated carbocycles. The molecule has 0 fully saturated rings. The van der Waals surface area contributed by atoms with Crippen LogP contribution in [0.15, 0.2) is 18.5 Å². The summed E-state index contributed by atoms with van der Waals surface area (Å²) >= 11 is 0. The number of hydrogen-bond acceptors (Lipinski definition) is 4. The minimum atomic E-state index is -3.19. The van der Waals surface area contributed by atoms with E-state index < -0.39 is 10.0 Å². The van der Waals surface area contributed by atoms with E-state index in [4.69, 9.17) is 0 Å². The molecule has 0 spiro atoms. The number of pyridine rings is 1. The van der Waals surface area contributed by atoms with Gasteiger partial charge in [-0.05, 0) is 50.0 Å². The van der Waals surface area contributed by atoms with Crippen LogP contribution in [-0.4, -0.2) is 32.2 Å². The van der Waals surface area contributed by atoms with Crippen molar-refractivity contribution in [2.45, 2.75) is 33.2 Å². The predicted octanol–water partition coefficient (Wildman–Crippen LogP) is 1.20. The molecule has 0 aliphatic carbocycles. The summed E-state index contributed by atoms with van der Waals surface area (Å²) in [5, 5.41) is 3.18. The van der Waals surface area contributed by atoms with Crippen LogP contribution < -0.4 is 10.0 Å². The smallest absolute Gasteiger partial charge is 0.211 e. The fourth-order valence-corrected chi connectivity index (χ4v) is 2.76. The highest BCUT2D eigenvalue weighted by atomic mass is 32.2. The summed E-state index contributed by atoms with van der Waals surface area (Å²) < 4.78 is 26.2. The number of rotatable bonds is 9. The van der Waals surface area contributed by atoms with E-state index in [2.05, 4.69) is 15.0 Å². The normalized spacial score (nSPS) is 11.7. The molecule has 6 heteroatoms. The van der Waals surface area contributed by atoms with Crippen molar-refractivity contribution in [3.8, 4) is 0 Å². The second kappa shape index (κ2) is 8.24. The van der Waals surface area contributed by atoms with Gasteiger partial charge < -0.3 is 5.32 Å². The first-order valence-corrected chi connectivity index (χ1v) is 8.28. The molecule has 0 aliphatic rings. The molecule has 2 N–H and O–H groups in total. The minimum Gasteiger partial charge on any atom is -0.317 e. The van der Waals surface area contributed by atoms with Gasteiger partial charge in [0.25, 0.3) is 0 Å². The second-order valence-corrected chi connectivity index (χ2v) is 6.43. The quantitative estimate of drug-likeness (QED) is 0.669. The average Bonchev–Trinajstić information content (AvgIpc) is 2.37. The number of sulfonamides is 1. The predicted molar refractivity (Wildman–Crippen MR) is 77.4 cm³/mol. The topological polar surface area (TPSA) is 71.1 Å². The van der Waals surface area contributed by atoms with Gasteiger partial charge in [-0.15, -0.1) is 0 Å². The molecule has 0 saturated heterocycles. The molecule has 1 heterocycles. The molecule has 0 bridgehead atoms. The van der Waals surface area contributed by atoms with E-state index in [1.165, 1.54) is 0 Å². The van der Waals surface area contributed by atoms with Gasteiger partial charge in [0.1, 0.15) is 0 Å². The van der Waals surface area contributed by atoms with Gasteiger partial charge in [-0.25, -0.2) is 13.1 Å². The summed E-state index contributed by atoms with van der Waals surface area (Å²) in [6.07, 6.45) is 4.95. The third-order valence-electron chi connectivity index (χ3n) is 2.90. The Bertz CT molecular complexity index is 475. The van der Waals surface area contributed by atoms with Gasteiger partial charge >= 0.3 is 0 Å². The molecule has 1 rings (SSSR count). The molecule has 1 aromatic rings. The van der Waals surface area contributed by atoms with Crippen molar-refractivity contribution < 1.29 is 8.42 Å². The Morgan fingerprint density at radius 1 is 1.32 bits per heavy atom. The van der Waals surface area contributed by atoms with Crippen LogP contribution in [0.4, 0.5) is 0 Å². The van der Waals surface area contributed by atoms with E-state index in [1.54, 1.807) is 12.4 Å². The van der Waals surface area contributed by atoms with E-state index in [0.717, 1.165) is 30.6 Å². The highest BCUT2D eigenvalue weighted by Gasteiger charge is 2.10. The first kappa shape index (κ1) is 16.1. The van der Waals surface area contributed by atoms with Crippen LogP contribution in [0.25, 0.3) is 0 Å². The zero-order valence-corrected chi connectivity index (χ0v) is 12.5. The molecule has 0 radical (unpaired) electrons. The standard InChI is InChI=1S/C13H23N3O2S/c1-3-14-7-4-5-9-19(17,18)16-11-13-10-15-8-6-12(13)2/h6,8,10,14,16H,3-5,7,9,11H2,1-2H3. The van der Waals surface area contributed by atoms with Crippen molar-refractivity contribution >= 4 is 10.0 Å². The molecular formula is C13H23N3O2S. The zero-order chi connectivity index (χ0) is 14.1. The van der Waals surface area contributed by atoms with Gasteiger partial charge in [-0.1, -0.05) is 6.92 Å². The fraction of sp³-hybridized carbons (Fsp3) is 0.615. The van der Waals surface area contributed by atoms with Crippen LogP contribution in [0, 0.1) is 6.92 Å². The summed E-state index contributed by atoms with van der Waals surface area (Å²) in [5.41, 5.74) is 1.96. The Morgan fingerprint density at radius 3 is 2.79 bits per heavy atom. The van der Waals surface area contributed by atoms with E-state index in [0.29, 0.717) is 13.0 Å². The highest BCUT2D eigenvalue weighted by molar-refractivity contribution is 7.89. The van der Waals surface area contributed by atoms with Gasteiger partial charge in [0, 0.05) is 18.9 Å². The van der Waals surface area contributed by atoms with E-state index in [9.17, 15) is 8.42 Å². The minimum absolute atomic E-state index is 0.178. The summed E-state index contributed by atoms with van der Waals surface area (Å²) in [6, 6.07) is 1.88. The molecular weight excluding hydrogens is 262 g/mol. The van der Waals surface area contributed by atoms with E-state index >= 15 is 0 Å². The Hall–Kier alpha value is -0.980. The molecule has 5 nitrogen and oxygen atoms in total. The van der Waals surface area contributed by atoms with Crippen LogP contribution in [0.2, 0.25) is 0 Å². The number of unbranched alkanes of at least 4 members (excludes halogenated alkanes) is 1. The second-order valence-electron chi connectivity index (χ2n) is 4.50. The van der Waals surface area contributed by atoms with Gasteiger partial charge in [-0.2, -0.15) is 0 Å². The Kier molecular flexibility index (Phi) is 6.97. The average molecular weight is 285 g/mol. The van der Waals surface area contributed by atoms with Gasteiger partial charge in [0.05, 0.1) is 5.75 Å². The lowest BCUT2D eigenvalue weighted by Gasteiger charge is -2.08. The third kappa shape index (κ3) is 6.66. The fourth-order valence-electron chi connectivity index (χ4n) is 1.66. The number of hydrogen-bond donors (Lipinski definition) is 2. The lowest BCUT2D eigenvalue weighted by atomic mass is 10.2. The Labute approximate surface area is 115 Å². The maximum absolute atomic E-state index is 11.8.